The van der Waals surface area contributed by atoms with E-state index in [4.69, 9.17) is 19.7 Å². The Kier molecular flexibility index (Phi) is 6.44. The fraction of sp³-hybridized carbons (Fsp3) is 0.273. The molecule has 1 aromatic heterocycles. The highest BCUT2D eigenvalue weighted by atomic mass is 16.5. The summed E-state index contributed by atoms with van der Waals surface area (Å²) in [6.45, 7) is -0.0218. The number of carbonyl (C=O) groups is 2. The van der Waals surface area contributed by atoms with Gasteiger partial charge < -0.3 is 14.1 Å². The Hall–Kier alpha value is -3.84. The Balaban J connectivity index is 1.66. The van der Waals surface area contributed by atoms with E-state index in [2.05, 4.69) is 0 Å². The van der Waals surface area contributed by atoms with Gasteiger partial charge in [0.2, 0.25) is 0 Å². The van der Waals surface area contributed by atoms with E-state index in [0.29, 0.717) is 11.1 Å². The third-order valence-electron chi connectivity index (χ3n) is 4.57. The van der Waals surface area contributed by atoms with Crippen LogP contribution in [0.1, 0.15) is 18.4 Å². The zero-order valence-electron chi connectivity index (χ0n) is 15.8. The summed E-state index contributed by atoms with van der Waals surface area (Å²) >= 11 is 0. The predicted octanol–water partition coefficient (Wildman–Crippen LogP) is 3.33. The Morgan fingerprint density at radius 1 is 1.03 bits per heavy atom. The van der Waals surface area contributed by atoms with Crippen LogP contribution < -0.4 is 0 Å². The second-order valence-electron chi connectivity index (χ2n) is 6.46. The molecule has 0 N–H and O–H groups in total. The standard InChI is InChI=1S/C22H19N3O4/c23-9-3-11-25(12-4-10-24)20(26)15-29-21(27)13-17-14-28-19-8-7-16-5-1-2-6-18(16)22(17)19/h1-2,5-8,14H,3-4,11-13,15H2. The van der Waals surface area contributed by atoms with Crippen LogP contribution in [-0.2, 0) is 20.7 Å². The molecule has 1 amide bonds. The quantitative estimate of drug-likeness (QED) is 0.547. The lowest BCUT2D eigenvalue weighted by atomic mass is 10.0. The highest BCUT2D eigenvalue weighted by Crippen LogP contribution is 2.30. The number of furan rings is 1. The van der Waals surface area contributed by atoms with E-state index >= 15 is 0 Å². The summed E-state index contributed by atoms with van der Waals surface area (Å²) in [5.41, 5.74) is 1.38. The average molecular weight is 389 g/mol. The molecular weight excluding hydrogens is 370 g/mol. The van der Waals surface area contributed by atoms with Crippen molar-refractivity contribution in [2.75, 3.05) is 19.7 Å². The number of carbonyl (C=O) groups excluding carboxylic acids is 2. The first kappa shape index (κ1) is 19.9. The maximum absolute atomic E-state index is 12.3. The van der Waals surface area contributed by atoms with E-state index in [-0.39, 0.29) is 32.4 Å². The lowest BCUT2D eigenvalue weighted by molar-refractivity contribution is -0.151. The minimum atomic E-state index is -0.547. The van der Waals surface area contributed by atoms with E-state index in [1.165, 1.54) is 11.2 Å². The molecule has 3 aromatic rings. The zero-order valence-corrected chi connectivity index (χ0v) is 15.8. The molecule has 7 nitrogen and oxygen atoms in total. The molecule has 0 saturated heterocycles. The molecule has 0 fully saturated rings. The normalized spacial score (nSPS) is 10.4. The molecular formula is C22H19N3O4. The summed E-state index contributed by atoms with van der Waals surface area (Å²) in [6, 6.07) is 15.6. The number of rotatable bonds is 8. The van der Waals surface area contributed by atoms with Gasteiger partial charge in [-0.25, -0.2) is 0 Å². The summed E-state index contributed by atoms with van der Waals surface area (Å²) in [4.78, 5) is 25.9. The van der Waals surface area contributed by atoms with Gasteiger partial charge in [0.05, 0.1) is 37.7 Å². The van der Waals surface area contributed by atoms with Gasteiger partial charge in [-0.2, -0.15) is 10.5 Å². The van der Waals surface area contributed by atoms with Gasteiger partial charge >= 0.3 is 5.97 Å². The maximum atomic E-state index is 12.3. The second-order valence-corrected chi connectivity index (χ2v) is 6.46. The molecule has 0 spiro atoms. The number of benzene rings is 2. The molecule has 2 aromatic carbocycles. The van der Waals surface area contributed by atoms with Crippen molar-refractivity contribution in [3.05, 3.63) is 48.2 Å². The van der Waals surface area contributed by atoms with Gasteiger partial charge in [-0.05, 0) is 16.8 Å². The number of amides is 1. The molecule has 0 saturated carbocycles. The Bertz CT molecular complexity index is 1100. The lowest BCUT2D eigenvalue weighted by Crippen LogP contribution is -2.36. The first-order valence-electron chi connectivity index (χ1n) is 9.19. The number of nitrogens with zero attached hydrogens (tertiary/aromatic N) is 3. The zero-order chi connectivity index (χ0) is 20.6. The Morgan fingerprint density at radius 3 is 2.48 bits per heavy atom. The van der Waals surface area contributed by atoms with Crippen LogP contribution >= 0.6 is 0 Å². The van der Waals surface area contributed by atoms with Gasteiger partial charge in [0.25, 0.3) is 5.91 Å². The molecule has 3 rings (SSSR count). The molecule has 0 aliphatic rings. The van der Waals surface area contributed by atoms with E-state index in [0.717, 1.165) is 16.2 Å². The largest absolute Gasteiger partial charge is 0.464 e. The van der Waals surface area contributed by atoms with Gasteiger partial charge in [-0.3, -0.25) is 9.59 Å². The van der Waals surface area contributed by atoms with Crippen molar-refractivity contribution in [1.29, 1.82) is 10.5 Å². The molecule has 29 heavy (non-hydrogen) atoms. The van der Waals surface area contributed by atoms with Crippen molar-refractivity contribution in [3.8, 4) is 12.1 Å². The number of fused-ring (bicyclic) bond motifs is 3. The Labute approximate surface area is 167 Å². The summed E-state index contributed by atoms with van der Waals surface area (Å²) in [7, 11) is 0. The smallest absolute Gasteiger partial charge is 0.310 e. The predicted molar refractivity (Wildman–Crippen MR) is 105 cm³/mol. The van der Waals surface area contributed by atoms with Gasteiger partial charge in [-0.1, -0.05) is 30.3 Å². The molecule has 0 unspecified atom stereocenters. The van der Waals surface area contributed by atoms with E-state index in [9.17, 15) is 9.59 Å². The van der Waals surface area contributed by atoms with E-state index in [1.54, 1.807) is 0 Å². The number of hydrogen-bond acceptors (Lipinski definition) is 6. The van der Waals surface area contributed by atoms with Crippen LogP contribution in [0.2, 0.25) is 0 Å². The van der Waals surface area contributed by atoms with Crippen LogP contribution in [0.4, 0.5) is 0 Å². The van der Waals surface area contributed by atoms with Gasteiger partial charge in [0.1, 0.15) is 5.58 Å². The van der Waals surface area contributed by atoms with E-state index in [1.807, 2.05) is 48.5 Å². The lowest BCUT2D eigenvalue weighted by Gasteiger charge is -2.20. The van der Waals surface area contributed by atoms with Crippen LogP contribution in [0.15, 0.2) is 47.1 Å². The highest BCUT2D eigenvalue weighted by Gasteiger charge is 2.18. The van der Waals surface area contributed by atoms with Gasteiger partial charge in [-0.15, -0.1) is 0 Å². The highest BCUT2D eigenvalue weighted by molar-refractivity contribution is 6.08. The second kappa shape index (κ2) is 9.38. The number of nitriles is 2. The first-order chi connectivity index (χ1) is 14.1. The van der Waals surface area contributed by atoms with Crippen LogP contribution in [0.5, 0.6) is 0 Å². The maximum Gasteiger partial charge on any atom is 0.310 e. The molecule has 7 heteroatoms. The molecule has 0 aliphatic carbocycles. The van der Waals surface area contributed by atoms with Gasteiger partial charge in [0.15, 0.2) is 6.61 Å². The van der Waals surface area contributed by atoms with Gasteiger partial charge in [0, 0.05) is 24.0 Å². The average Bonchev–Trinajstić information content (AvgIpc) is 3.15. The fourth-order valence-electron chi connectivity index (χ4n) is 3.18. The van der Waals surface area contributed by atoms with Crippen LogP contribution in [0, 0.1) is 22.7 Å². The van der Waals surface area contributed by atoms with Crippen molar-refractivity contribution in [1.82, 2.24) is 4.90 Å². The fourth-order valence-corrected chi connectivity index (χ4v) is 3.18. The topological polar surface area (TPSA) is 107 Å². The monoisotopic (exact) mass is 389 g/mol. The van der Waals surface area contributed by atoms with Crippen LogP contribution in [-0.4, -0.2) is 36.5 Å². The number of ether oxygens (including phenoxy) is 1. The third-order valence-corrected chi connectivity index (χ3v) is 4.57. The van der Waals surface area contributed by atoms with Crippen molar-refractivity contribution in [2.45, 2.75) is 19.3 Å². The van der Waals surface area contributed by atoms with Crippen LogP contribution in [0.25, 0.3) is 21.7 Å². The summed E-state index contributed by atoms with van der Waals surface area (Å²) in [6.07, 6.45) is 1.81. The van der Waals surface area contributed by atoms with E-state index < -0.39 is 18.5 Å². The molecule has 0 atom stereocenters. The minimum absolute atomic E-state index is 0.0231. The molecule has 0 bridgehead atoms. The molecule has 1 heterocycles. The van der Waals surface area contributed by atoms with Crippen molar-refractivity contribution >= 4 is 33.6 Å². The summed E-state index contributed by atoms with van der Waals surface area (Å²) in [5, 5.41) is 20.3. The Morgan fingerprint density at radius 2 is 1.76 bits per heavy atom. The minimum Gasteiger partial charge on any atom is -0.464 e. The summed E-state index contributed by atoms with van der Waals surface area (Å²) < 4.78 is 10.7. The molecule has 0 radical (unpaired) electrons. The first-order valence-corrected chi connectivity index (χ1v) is 9.19. The van der Waals surface area contributed by atoms with Crippen molar-refractivity contribution in [3.63, 3.8) is 0 Å². The summed E-state index contributed by atoms with van der Waals surface area (Å²) in [5.74, 6) is -0.971. The van der Waals surface area contributed by atoms with Crippen molar-refractivity contribution in [2.24, 2.45) is 0 Å². The molecule has 0 aliphatic heterocycles. The van der Waals surface area contributed by atoms with Crippen molar-refractivity contribution < 1.29 is 18.7 Å². The third kappa shape index (κ3) is 4.72. The molecule has 146 valence electrons. The number of hydrogen-bond donors (Lipinski definition) is 0. The SMILES string of the molecule is N#CCCN(CCC#N)C(=O)COC(=O)Cc1coc2ccc3ccccc3c12. The van der Waals surface area contributed by atoms with Crippen LogP contribution in [0.3, 0.4) is 0 Å². The number of esters is 1.